The Bertz CT molecular complexity index is 1300. The van der Waals surface area contributed by atoms with E-state index in [0.29, 0.717) is 24.1 Å². The molecule has 1 aromatic carbocycles. The maximum Gasteiger partial charge on any atom is 0.416 e. The van der Waals surface area contributed by atoms with Crippen molar-refractivity contribution in [3.8, 4) is 11.4 Å². The molecule has 2 N–H and O–H groups in total. The van der Waals surface area contributed by atoms with Crippen LogP contribution in [0, 0.1) is 0 Å². The van der Waals surface area contributed by atoms with Crippen molar-refractivity contribution in [2.45, 2.75) is 19.1 Å². The highest BCUT2D eigenvalue weighted by atomic mass is 19.4. The van der Waals surface area contributed by atoms with E-state index in [2.05, 4.69) is 20.1 Å². The quantitative estimate of drug-likeness (QED) is 0.329. The first-order valence-electron chi connectivity index (χ1n) is 9.67. The fourth-order valence-electron chi connectivity index (χ4n) is 3.14. The van der Waals surface area contributed by atoms with Gasteiger partial charge in [-0.05, 0) is 24.6 Å². The van der Waals surface area contributed by atoms with Crippen LogP contribution >= 0.6 is 0 Å². The zero-order valence-electron chi connectivity index (χ0n) is 17.3. The molecule has 0 bridgehead atoms. The molecule has 13 heteroatoms. The Morgan fingerprint density at radius 3 is 2.79 bits per heavy atom. The molecule has 0 fully saturated rings. The highest BCUT2D eigenvalue weighted by Crippen LogP contribution is 2.31. The van der Waals surface area contributed by atoms with Crippen LogP contribution in [0.2, 0.25) is 0 Å². The molecule has 0 unspecified atom stereocenters. The summed E-state index contributed by atoms with van der Waals surface area (Å²) in [4.78, 5) is 24.7. The molecule has 10 nitrogen and oxygen atoms in total. The number of anilines is 1. The van der Waals surface area contributed by atoms with E-state index < -0.39 is 17.7 Å². The Morgan fingerprint density at radius 2 is 2.03 bits per heavy atom. The molecule has 0 amide bonds. The first-order chi connectivity index (χ1) is 15.8. The number of aryl methyl sites for hydroxylation is 1. The summed E-state index contributed by atoms with van der Waals surface area (Å²) >= 11 is 0. The molecule has 0 saturated carbocycles. The molecular weight excluding hydrogens is 443 g/mol. The van der Waals surface area contributed by atoms with Crippen LogP contribution in [0.3, 0.4) is 0 Å². The second-order valence-corrected chi connectivity index (χ2v) is 6.90. The normalized spacial score (nSPS) is 11.6. The second kappa shape index (κ2) is 8.76. The monoisotopic (exact) mass is 461 g/mol. The number of benzene rings is 1. The number of imidazole rings is 1. The number of rotatable bonds is 7. The Kier molecular flexibility index (Phi) is 5.85. The number of nitrogen functional groups attached to an aromatic ring is 1. The number of methoxy groups -OCH3 is 1. The third-order valence-electron chi connectivity index (χ3n) is 4.74. The van der Waals surface area contributed by atoms with Crippen LogP contribution in [-0.2, 0) is 17.5 Å². The van der Waals surface area contributed by atoms with Gasteiger partial charge in [0.2, 0.25) is 5.69 Å². The Labute approximate surface area is 184 Å². The van der Waals surface area contributed by atoms with E-state index in [0.717, 1.165) is 16.8 Å². The Balaban J connectivity index is 1.42. The number of ether oxygens (including phenoxy) is 2. The van der Waals surface area contributed by atoms with Gasteiger partial charge in [-0.2, -0.15) is 18.3 Å². The van der Waals surface area contributed by atoms with Gasteiger partial charge in [-0.1, -0.05) is 6.07 Å². The summed E-state index contributed by atoms with van der Waals surface area (Å²) < 4.78 is 52.3. The van der Waals surface area contributed by atoms with Crippen LogP contribution in [0.1, 0.15) is 22.5 Å². The summed E-state index contributed by atoms with van der Waals surface area (Å²) in [5.74, 6) is -0.418. The third kappa shape index (κ3) is 4.56. The van der Waals surface area contributed by atoms with Gasteiger partial charge in [-0.15, -0.1) is 0 Å². The molecule has 33 heavy (non-hydrogen) atoms. The summed E-state index contributed by atoms with van der Waals surface area (Å²) in [6.45, 7) is 0.509. The number of alkyl halides is 3. The number of aromatic nitrogens is 6. The summed E-state index contributed by atoms with van der Waals surface area (Å²) in [6, 6.07) is 4.56. The summed E-state index contributed by atoms with van der Waals surface area (Å²) in [6.07, 6.45) is 0.152. The van der Waals surface area contributed by atoms with Crippen molar-refractivity contribution in [2.24, 2.45) is 0 Å². The molecule has 0 aliphatic carbocycles. The number of hydrogen-bond acceptors (Lipinski definition) is 8. The fourth-order valence-corrected chi connectivity index (χ4v) is 3.14. The van der Waals surface area contributed by atoms with E-state index >= 15 is 0 Å². The van der Waals surface area contributed by atoms with Crippen LogP contribution < -0.4 is 10.5 Å². The lowest BCUT2D eigenvalue weighted by atomic mass is 10.2. The van der Waals surface area contributed by atoms with Crippen molar-refractivity contribution in [3.63, 3.8) is 0 Å². The average molecular weight is 461 g/mol. The summed E-state index contributed by atoms with van der Waals surface area (Å²) in [5, 5.41) is 4.06. The van der Waals surface area contributed by atoms with Gasteiger partial charge >= 0.3 is 12.1 Å². The Hall–Kier alpha value is -4.16. The molecule has 172 valence electrons. The second-order valence-electron chi connectivity index (χ2n) is 6.90. The molecule has 0 saturated heterocycles. The lowest BCUT2D eigenvalue weighted by Crippen LogP contribution is -2.11. The molecule has 0 atom stereocenters. The van der Waals surface area contributed by atoms with Gasteiger partial charge in [-0.25, -0.2) is 24.4 Å². The molecule has 4 rings (SSSR count). The van der Waals surface area contributed by atoms with Crippen LogP contribution in [-0.4, -0.2) is 49.0 Å². The molecular formula is C20H18F3N7O3. The van der Waals surface area contributed by atoms with E-state index in [1.807, 2.05) is 0 Å². The predicted octanol–water partition coefficient (Wildman–Crippen LogP) is 2.87. The van der Waals surface area contributed by atoms with Gasteiger partial charge in [0.15, 0.2) is 17.2 Å². The zero-order valence-corrected chi connectivity index (χ0v) is 17.3. The molecule has 3 heterocycles. The molecule has 0 aliphatic rings. The maximum absolute atomic E-state index is 13.0. The predicted molar refractivity (Wildman–Crippen MR) is 110 cm³/mol. The Morgan fingerprint density at radius 1 is 1.21 bits per heavy atom. The minimum absolute atomic E-state index is 0.0542. The maximum atomic E-state index is 13.0. The van der Waals surface area contributed by atoms with Crippen molar-refractivity contribution in [1.82, 2.24) is 29.3 Å². The number of halogens is 3. The van der Waals surface area contributed by atoms with Crippen LogP contribution in [0.15, 0.2) is 43.1 Å². The smallest absolute Gasteiger partial charge is 0.416 e. The van der Waals surface area contributed by atoms with E-state index in [1.165, 1.54) is 31.8 Å². The standard InChI is InChI=1S/C20H18F3N7O3/c1-32-14-9-30(13-5-2-4-12(8-13)20(21,22)23)28-15(14)19(31)33-7-3-6-29-11-27-16-17(24)25-10-26-18(16)29/h2,4-5,8-11H,3,6-7H2,1H3,(H2,24,25,26). The molecule has 0 radical (unpaired) electrons. The van der Waals surface area contributed by atoms with Crippen molar-refractivity contribution in [2.75, 3.05) is 19.5 Å². The van der Waals surface area contributed by atoms with Crippen molar-refractivity contribution < 1.29 is 27.4 Å². The minimum atomic E-state index is -4.51. The first-order valence-corrected chi connectivity index (χ1v) is 9.67. The number of carbonyl (C=O) groups is 1. The van der Waals surface area contributed by atoms with E-state index in [9.17, 15) is 18.0 Å². The van der Waals surface area contributed by atoms with Crippen LogP contribution in [0.5, 0.6) is 5.75 Å². The highest BCUT2D eigenvalue weighted by molar-refractivity contribution is 5.90. The SMILES string of the molecule is COc1cn(-c2cccc(C(F)(F)F)c2)nc1C(=O)OCCCn1cnc2c(N)ncnc21. The minimum Gasteiger partial charge on any atom is -0.493 e. The summed E-state index contributed by atoms with van der Waals surface area (Å²) in [7, 11) is 1.32. The molecule has 0 spiro atoms. The largest absolute Gasteiger partial charge is 0.493 e. The van der Waals surface area contributed by atoms with Crippen molar-refractivity contribution in [1.29, 1.82) is 0 Å². The van der Waals surface area contributed by atoms with Gasteiger partial charge in [0, 0.05) is 6.54 Å². The van der Waals surface area contributed by atoms with Crippen molar-refractivity contribution >= 4 is 23.0 Å². The molecule has 0 aliphatic heterocycles. The number of nitrogens with zero attached hydrogens (tertiary/aromatic N) is 6. The average Bonchev–Trinajstić information content (AvgIpc) is 3.41. The first kappa shape index (κ1) is 22.0. The summed E-state index contributed by atoms with van der Waals surface area (Å²) in [5.41, 5.74) is 5.94. The van der Waals surface area contributed by atoms with Gasteiger partial charge in [0.05, 0.1) is 37.5 Å². The van der Waals surface area contributed by atoms with E-state index in [1.54, 1.807) is 10.9 Å². The van der Waals surface area contributed by atoms with Gasteiger partial charge in [0.25, 0.3) is 0 Å². The number of nitrogens with two attached hydrogens (primary N) is 1. The fraction of sp³-hybridized carbons (Fsp3) is 0.250. The van der Waals surface area contributed by atoms with Crippen LogP contribution in [0.4, 0.5) is 19.0 Å². The lowest BCUT2D eigenvalue weighted by Gasteiger charge is -2.08. The number of esters is 1. The molecule has 4 aromatic rings. The number of hydrogen-bond donors (Lipinski definition) is 1. The number of fused-ring (bicyclic) bond motifs is 1. The van der Waals surface area contributed by atoms with Gasteiger partial charge in [-0.3, -0.25) is 0 Å². The third-order valence-corrected chi connectivity index (χ3v) is 4.74. The van der Waals surface area contributed by atoms with Gasteiger partial charge < -0.3 is 19.8 Å². The van der Waals surface area contributed by atoms with Gasteiger partial charge in [0.1, 0.15) is 11.8 Å². The van der Waals surface area contributed by atoms with Crippen molar-refractivity contribution in [3.05, 3.63) is 54.4 Å². The molecule has 3 aromatic heterocycles. The number of carbonyl (C=O) groups excluding carboxylic acids is 1. The zero-order chi connectivity index (χ0) is 23.6. The van der Waals surface area contributed by atoms with Crippen LogP contribution in [0.25, 0.3) is 16.9 Å². The topological polar surface area (TPSA) is 123 Å². The highest BCUT2D eigenvalue weighted by Gasteiger charge is 2.31. The van der Waals surface area contributed by atoms with E-state index in [-0.39, 0.29) is 29.6 Å². The van der Waals surface area contributed by atoms with E-state index in [4.69, 9.17) is 15.2 Å². The lowest BCUT2D eigenvalue weighted by molar-refractivity contribution is -0.137.